The Morgan fingerprint density at radius 2 is 2.27 bits per heavy atom. The molecule has 3 heteroatoms. The van der Waals surface area contributed by atoms with Crippen molar-refractivity contribution in [3.8, 4) is 0 Å². The van der Waals surface area contributed by atoms with E-state index in [0.29, 0.717) is 6.10 Å². The molecule has 0 amide bonds. The van der Waals surface area contributed by atoms with Gasteiger partial charge in [-0.3, -0.25) is 0 Å². The van der Waals surface area contributed by atoms with Crippen LogP contribution in [0.15, 0.2) is 0 Å². The van der Waals surface area contributed by atoms with Crippen LogP contribution in [0.3, 0.4) is 0 Å². The standard InChI is InChI=1S/C12H23BrO2/c1-2-3-4-7-11(10-13)15-12-8-5-6-9-14-12/h11-12H,2-10H2,1H3. The van der Waals surface area contributed by atoms with Crippen LogP contribution in [0.5, 0.6) is 0 Å². The number of hydrogen-bond donors (Lipinski definition) is 0. The van der Waals surface area contributed by atoms with Crippen molar-refractivity contribution < 1.29 is 9.47 Å². The number of ether oxygens (including phenoxy) is 2. The summed E-state index contributed by atoms with van der Waals surface area (Å²) in [7, 11) is 0. The van der Waals surface area contributed by atoms with Gasteiger partial charge in [0.25, 0.3) is 0 Å². The van der Waals surface area contributed by atoms with Crippen LogP contribution in [0.2, 0.25) is 0 Å². The van der Waals surface area contributed by atoms with Crippen LogP contribution >= 0.6 is 15.9 Å². The minimum absolute atomic E-state index is 0.0583. The maximum Gasteiger partial charge on any atom is 0.157 e. The molecule has 0 spiro atoms. The third-order valence-electron chi connectivity index (χ3n) is 2.78. The summed E-state index contributed by atoms with van der Waals surface area (Å²) in [5.74, 6) is 0. The van der Waals surface area contributed by atoms with Gasteiger partial charge in [-0.25, -0.2) is 0 Å². The molecular formula is C12H23BrO2. The van der Waals surface area contributed by atoms with Crippen molar-refractivity contribution in [2.24, 2.45) is 0 Å². The SMILES string of the molecule is CCCCCC(CBr)OC1CCCCO1. The van der Waals surface area contributed by atoms with Crippen molar-refractivity contribution in [2.45, 2.75) is 64.3 Å². The van der Waals surface area contributed by atoms with Gasteiger partial charge in [0.1, 0.15) is 0 Å². The van der Waals surface area contributed by atoms with Crippen LogP contribution in [0.25, 0.3) is 0 Å². The molecule has 15 heavy (non-hydrogen) atoms. The first-order valence-electron chi connectivity index (χ1n) is 6.19. The summed E-state index contributed by atoms with van der Waals surface area (Å²) in [4.78, 5) is 0. The largest absolute Gasteiger partial charge is 0.353 e. The molecule has 0 aromatic carbocycles. The van der Waals surface area contributed by atoms with Gasteiger partial charge in [0.05, 0.1) is 6.10 Å². The summed E-state index contributed by atoms with van der Waals surface area (Å²) in [5, 5.41) is 0.927. The highest BCUT2D eigenvalue weighted by atomic mass is 79.9. The lowest BCUT2D eigenvalue weighted by Crippen LogP contribution is -2.28. The average Bonchev–Trinajstić information content (AvgIpc) is 2.29. The van der Waals surface area contributed by atoms with E-state index < -0.39 is 0 Å². The van der Waals surface area contributed by atoms with E-state index in [1.807, 2.05) is 0 Å². The van der Waals surface area contributed by atoms with Crippen molar-refractivity contribution in [1.29, 1.82) is 0 Å². The van der Waals surface area contributed by atoms with E-state index in [1.165, 1.54) is 32.1 Å². The molecule has 0 aromatic heterocycles. The number of halogens is 1. The van der Waals surface area contributed by atoms with Gasteiger partial charge in [-0.05, 0) is 25.7 Å². The number of unbranched alkanes of at least 4 members (excludes halogenated alkanes) is 2. The fourth-order valence-corrected chi connectivity index (χ4v) is 2.31. The molecule has 0 aromatic rings. The molecular weight excluding hydrogens is 256 g/mol. The van der Waals surface area contributed by atoms with Crippen LogP contribution in [-0.2, 0) is 9.47 Å². The third kappa shape index (κ3) is 5.88. The first kappa shape index (κ1) is 13.5. The van der Waals surface area contributed by atoms with Crippen LogP contribution in [0.4, 0.5) is 0 Å². The maximum atomic E-state index is 5.92. The lowest BCUT2D eigenvalue weighted by Gasteiger charge is -2.27. The topological polar surface area (TPSA) is 18.5 Å². The van der Waals surface area contributed by atoms with E-state index in [-0.39, 0.29) is 6.29 Å². The van der Waals surface area contributed by atoms with Gasteiger partial charge in [0, 0.05) is 11.9 Å². The number of rotatable bonds is 7. The molecule has 2 unspecified atom stereocenters. The highest BCUT2D eigenvalue weighted by Crippen LogP contribution is 2.18. The molecule has 0 radical (unpaired) electrons. The minimum atomic E-state index is 0.0583. The Balaban J connectivity index is 2.13. The maximum absolute atomic E-state index is 5.92. The molecule has 0 N–H and O–H groups in total. The predicted molar refractivity (Wildman–Crippen MR) is 66.4 cm³/mol. The predicted octanol–water partition coefficient (Wildman–Crippen LogP) is 3.87. The van der Waals surface area contributed by atoms with Gasteiger partial charge in [-0.2, -0.15) is 0 Å². The molecule has 1 heterocycles. The summed E-state index contributed by atoms with van der Waals surface area (Å²) in [6.07, 6.45) is 8.88. The van der Waals surface area contributed by atoms with Crippen LogP contribution in [0, 0.1) is 0 Å². The zero-order chi connectivity index (χ0) is 10.9. The van der Waals surface area contributed by atoms with Gasteiger partial charge in [-0.1, -0.05) is 42.1 Å². The molecule has 1 fully saturated rings. The molecule has 0 aliphatic carbocycles. The summed E-state index contributed by atoms with van der Waals surface area (Å²) in [6, 6.07) is 0. The Hall–Kier alpha value is 0.400. The highest BCUT2D eigenvalue weighted by molar-refractivity contribution is 9.09. The zero-order valence-corrected chi connectivity index (χ0v) is 11.3. The monoisotopic (exact) mass is 278 g/mol. The van der Waals surface area contributed by atoms with Gasteiger partial charge >= 0.3 is 0 Å². The molecule has 0 bridgehead atoms. The zero-order valence-electron chi connectivity index (χ0n) is 9.71. The first-order chi connectivity index (χ1) is 7.36. The quantitative estimate of drug-likeness (QED) is 0.520. The molecule has 1 aliphatic heterocycles. The van der Waals surface area contributed by atoms with Gasteiger partial charge in [0.15, 0.2) is 6.29 Å². The highest BCUT2D eigenvalue weighted by Gasteiger charge is 2.18. The van der Waals surface area contributed by atoms with Crippen molar-refractivity contribution in [1.82, 2.24) is 0 Å². The molecule has 2 nitrogen and oxygen atoms in total. The first-order valence-corrected chi connectivity index (χ1v) is 7.32. The Bertz CT molecular complexity index is 147. The van der Waals surface area contributed by atoms with Crippen LogP contribution in [-0.4, -0.2) is 24.3 Å². The van der Waals surface area contributed by atoms with Crippen LogP contribution < -0.4 is 0 Å². The van der Waals surface area contributed by atoms with Gasteiger partial charge in [0.2, 0.25) is 0 Å². The Labute approximate surface area is 102 Å². The molecule has 1 rings (SSSR count). The van der Waals surface area contributed by atoms with Gasteiger partial charge in [-0.15, -0.1) is 0 Å². The summed E-state index contributed by atoms with van der Waals surface area (Å²) < 4.78 is 11.5. The number of hydrogen-bond acceptors (Lipinski definition) is 2. The Morgan fingerprint density at radius 1 is 1.40 bits per heavy atom. The van der Waals surface area contributed by atoms with Crippen molar-refractivity contribution >= 4 is 15.9 Å². The van der Waals surface area contributed by atoms with Crippen molar-refractivity contribution in [2.75, 3.05) is 11.9 Å². The summed E-state index contributed by atoms with van der Waals surface area (Å²) in [6.45, 7) is 3.10. The van der Waals surface area contributed by atoms with E-state index in [0.717, 1.165) is 24.8 Å². The van der Waals surface area contributed by atoms with E-state index in [1.54, 1.807) is 0 Å². The lowest BCUT2D eigenvalue weighted by atomic mass is 10.1. The van der Waals surface area contributed by atoms with E-state index in [4.69, 9.17) is 9.47 Å². The fraction of sp³-hybridized carbons (Fsp3) is 1.00. The summed E-state index contributed by atoms with van der Waals surface area (Å²) >= 11 is 3.51. The van der Waals surface area contributed by atoms with Crippen molar-refractivity contribution in [3.05, 3.63) is 0 Å². The van der Waals surface area contributed by atoms with E-state index in [2.05, 4.69) is 22.9 Å². The van der Waals surface area contributed by atoms with Crippen LogP contribution in [0.1, 0.15) is 51.9 Å². The second-order valence-electron chi connectivity index (χ2n) is 4.20. The second kappa shape index (κ2) is 8.54. The lowest BCUT2D eigenvalue weighted by molar-refractivity contribution is -0.184. The fourth-order valence-electron chi connectivity index (χ4n) is 1.84. The molecule has 1 saturated heterocycles. The summed E-state index contributed by atoms with van der Waals surface area (Å²) in [5.41, 5.74) is 0. The van der Waals surface area contributed by atoms with E-state index in [9.17, 15) is 0 Å². The minimum Gasteiger partial charge on any atom is -0.353 e. The van der Waals surface area contributed by atoms with E-state index >= 15 is 0 Å². The molecule has 0 saturated carbocycles. The molecule has 90 valence electrons. The molecule has 1 aliphatic rings. The second-order valence-corrected chi connectivity index (χ2v) is 4.85. The molecule has 2 atom stereocenters. The van der Waals surface area contributed by atoms with Gasteiger partial charge < -0.3 is 9.47 Å². The smallest absolute Gasteiger partial charge is 0.157 e. The number of alkyl halides is 1. The normalized spacial score (nSPS) is 24.0. The Kier molecular flexibility index (Phi) is 7.67. The Morgan fingerprint density at radius 3 is 2.87 bits per heavy atom. The average molecular weight is 279 g/mol. The third-order valence-corrected chi connectivity index (χ3v) is 3.51. The van der Waals surface area contributed by atoms with Crippen molar-refractivity contribution in [3.63, 3.8) is 0 Å².